The number of carbonyl (C=O) groups excluding carboxylic acids is 2. The molecule has 39 heavy (non-hydrogen) atoms. The predicted octanol–water partition coefficient (Wildman–Crippen LogP) is 5.75. The zero-order valence-electron chi connectivity index (χ0n) is 20.9. The van der Waals surface area contributed by atoms with Crippen LogP contribution in [0.15, 0.2) is 65.6 Å². The van der Waals surface area contributed by atoms with Crippen molar-refractivity contribution in [1.29, 1.82) is 0 Å². The maximum Gasteiger partial charge on any atom is 0.514 e. The van der Waals surface area contributed by atoms with Crippen LogP contribution in [0.1, 0.15) is 28.4 Å². The lowest BCUT2D eigenvalue weighted by atomic mass is 10.1. The van der Waals surface area contributed by atoms with E-state index in [9.17, 15) is 23.2 Å². The third kappa shape index (κ3) is 5.85. The van der Waals surface area contributed by atoms with Gasteiger partial charge in [0.15, 0.2) is 5.75 Å². The van der Waals surface area contributed by atoms with Crippen molar-refractivity contribution in [3.63, 3.8) is 0 Å². The molecule has 0 bridgehead atoms. The highest BCUT2D eigenvalue weighted by Gasteiger charge is 2.21. The van der Waals surface area contributed by atoms with Crippen molar-refractivity contribution in [2.45, 2.75) is 19.3 Å². The van der Waals surface area contributed by atoms with Gasteiger partial charge in [0.05, 0.1) is 36.1 Å². The van der Waals surface area contributed by atoms with Gasteiger partial charge < -0.3 is 24.1 Å². The second kappa shape index (κ2) is 12.0. The summed E-state index contributed by atoms with van der Waals surface area (Å²) in [6, 6.07) is 12.9. The molecule has 0 aliphatic carbocycles. The Kier molecular flexibility index (Phi) is 8.46. The van der Waals surface area contributed by atoms with Crippen LogP contribution in [0.5, 0.6) is 17.2 Å². The number of halogens is 3. The number of benzene rings is 3. The van der Waals surface area contributed by atoms with Gasteiger partial charge in [0, 0.05) is 23.7 Å². The van der Waals surface area contributed by atoms with Gasteiger partial charge in [-0.15, -0.1) is 11.6 Å². The summed E-state index contributed by atoms with van der Waals surface area (Å²) in [4.78, 5) is 37.4. The number of aromatic nitrogens is 1. The molecule has 4 rings (SSSR count). The molecule has 0 saturated heterocycles. The molecular formula is C28H23ClF2N2O6. The maximum atomic E-state index is 14.5. The fourth-order valence-corrected chi connectivity index (χ4v) is 4.24. The van der Waals surface area contributed by atoms with Crippen molar-refractivity contribution in [2.24, 2.45) is 0 Å². The number of ether oxygens (including phenoxy) is 3. The largest absolute Gasteiger partial charge is 0.514 e. The highest BCUT2D eigenvalue weighted by Crippen LogP contribution is 2.33. The van der Waals surface area contributed by atoms with Gasteiger partial charge in [0.1, 0.15) is 23.1 Å². The Morgan fingerprint density at radius 3 is 2.28 bits per heavy atom. The standard InChI is InChI=1S/C28H23ClF2N2O6/c1-3-37-28(36)39-24-15-33(14-19-20(30)5-4-6-21(19)31)22-11-12-23(18(13-29)25(22)26(24)34)38-17-9-7-16(8-10-17)27(35)32-2/h4-12,15H,3,13-14H2,1-2H3,(H,32,35). The highest BCUT2D eigenvalue weighted by atomic mass is 35.5. The van der Waals surface area contributed by atoms with E-state index in [1.165, 1.54) is 29.9 Å². The molecule has 3 aromatic carbocycles. The minimum atomic E-state index is -1.12. The third-order valence-corrected chi connectivity index (χ3v) is 6.10. The van der Waals surface area contributed by atoms with Gasteiger partial charge in [-0.3, -0.25) is 9.59 Å². The van der Waals surface area contributed by atoms with E-state index in [2.05, 4.69) is 5.32 Å². The van der Waals surface area contributed by atoms with Crippen molar-refractivity contribution >= 4 is 34.6 Å². The van der Waals surface area contributed by atoms with Crippen molar-refractivity contribution in [1.82, 2.24) is 9.88 Å². The Hall–Kier alpha value is -4.44. The minimum Gasteiger partial charge on any atom is -0.457 e. The number of hydrogen-bond donors (Lipinski definition) is 1. The number of pyridine rings is 1. The lowest BCUT2D eigenvalue weighted by Crippen LogP contribution is -2.20. The number of nitrogens with zero attached hydrogens (tertiary/aromatic N) is 1. The summed E-state index contributed by atoms with van der Waals surface area (Å²) in [5.74, 6) is -1.86. The van der Waals surface area contributed by atoms with Crippen LogP contribution in [-0.4, -0.2) is 30.3 Å². The number of amides is 1. The number of alkyl halides is 1. The van der Waals surface area contributed by atoms with E-state index in [-0.39, 0.29) is 52.7 Å². The Bertz CT molecular complexity index is 1580. The minimum absolute atomic E-state index is 0.00463. The number of fused-ring (bicyclic) bond motifs is 1. The summed E-state index contributed by atoms with van der Waals surface area (Å²) in [7, 11) is 1.52. The van der Waals surface area contributed by atoms with Crippen molar-refractivity contribution < 1.29 is 32.6 Å². The average Bonchev–Trinajstić information content (AvgIpc) is 2.93. The first-order valence-corrected chi connectivity index (χ1v) is 12.3. The number of hydrogen-bond acceptors (Lipinski definition) is 6. The summed E-state index contributed by atoms with van der Waals surface area (Å²) >= 11 is 6.27. The third-order valence-electron chi connectivity index (χ3n) is 5.83. The molecule has 0 fully saturated rings. The molecule has 1 N–H and O–H groups in total. The second-order valence-electron chi connectivity index (χ2n) is 8.21. The Morgan fingerprint density at radius 2 is 1.67 bits per heavy atom. The van der Waals surface area contributed by atoms with Crippen LogP contribution >= 0.6 is 11.6 Å². The van der Waals surface area contributed by atoms with Crippen LogP contribution in [-0.2, 0) is 17.2 Å². The summed E-state index contributed by atoms with van der Waals surface area (Å²) in [6.07, 6.45) is 0.0670. The summed E-state index contributed by atoms with van der Waals surface area (Å²) in [6.45, 7) is 1.25. The Balaban J connectivity index is 1.86. The van der Waals surface area contributed by atoms with E-state index in [0.717, 1.165) is 12.1 Å². The fourth-order valence-electron chi connectivity index (χ4n) is 3.97. The Morgan fingerprint density at radius 1 is 0.974 bits per heavy atom. The van der Waals surface area contributed by atoms with Gasteiger partial charge in [0.2, 0.25) is 5.43 Å². The van der Waals surface area contributed by atoms with Crippen LogP contribution in [0.3, 0.4) is 0 Å². The monoisotopic (exact) mass is 556 g/mol. The molecule has 1 amide bonds. The molecule has 1 heterocycles. The van der Waals surface area contributed by atoms with Gasteiger partial charge >= 0.3 is 6.16 Å². The molecule has 0 aliphatic rings. The van der Waals surface area contributed by atoms with E-state index in [4.69, 9.17) is 25.8 Å². The number of carbonyl (C=O) groups is 2. The first-order valence-electron chi connectivity index (χ1n) is 11.8. The molecule has 0 unspecified atom stereocenters. The summed E-state index contributed by atoms with van der Waals surface area (Å²) < 4.78 is 46.3. The molecule has 0 radical (unpaired) electrons. The molecule has 0 atom stereocenters. The zero-order valence-corrected chi connectivity index (χ0v) is 21.7. The lowest BCUT2D eigenvalue weighted by molar-refractivity contribution is 0.0962. The first kappa shape index (κ1) is 27.6. The molecule has 1 aromatic heterocycles. The fraction of sp³-hybridized carbons (Fsp3) is 0.179. The summed E-state index contributed by atoms with van der Waals surface area (Å²) in [5, 5.41) is 2.56. The molecule has 8 nitrogen and oxygen atoms in total. The normalized spacial score (nSPS) is 10.8. The van der Waals surface area contributed by atoms with E-state index < -0.39 is 29.0 Å². The zero-order chi connectivity index (χ0) is 28.1. The van der Waals surface area contributed by atoms with Gasteiger partial charge in [0.25, 0.3) is 5.91 Å². The van der Waals surface area contributed by atoms with Crippen molar-refractivity contribution in [3.8, 4) is 17.2 Å². The van der Waals surface area contributed by atoms with Gasteiger partial charge in [-0.25, -0.2) is 13.6 Å². The van der Waals surface area contributed by atoms with Crippen molar-refractivity contribution in [3.05, 3.63) is 99.3 Å². The average molecular weight is 557 g/mol. The van der Waals surface area contributed by atoms with E-state index in [0.29, 0.717) is 11.3 Å². The van der Waals surface area contributed by atoms with Crippen LogP contribution in [0.25, 0.3) is 10.9 Å². The topological polar surface area (TPSA) is 95.9 Å². The molecule has 0 saturated carbocycles. The summed E-state index contributed by atoms with van der Waals surface area (Å²) in [5.41, 5.74) is 0.00115. The second-order valence-corrected chi connectivity index (χ2v) is 8.48. The predicted molar refractivity (Wildman–Crippen MR) is 141 cm³/mol. The first-order chi connectivity index (χ1) is 18.8. The highest BCUT2D eigenvalue weighted by molar-refractivity contribution is 6.18. The molecule has 202 valence electrons. The van der Waals surface area contributed by atoms with Gasteiger partial charge in [-0.2, -0.15) is 0 Å². The molecular weight excluding hydrogens is 534 g/mol. The molecule has 0 aliphatic heterocycles. The molecule has 0 spiro atoms. The number of nitrogens with one attached hydrogen (secondary N) is 1. The Labute approximate surface area is 226 Å². The van der Waals surface area contributed by atoms with E-state index in [1.807, 2.05) is 0 Å². The quantitative estimate of drug-likeness (QED) is 0.219. The van der Waals surface area contributed by atoms with E-state index >= 15 is 0 Å². The van der Waals surface area contributed by atoms with Crippen LogP contribution in [0.2, 0.25) is 0 Å². The van der Waals surface area contributed by atoms with Gasteiger partial charge in [-0.1, -0.05) is 6.07 Å². The number of rotatable bonds is 8. The van der Waals surface area contributed by atoms with E-state index in [1.54, 1.807) is 37.3 Å². The lowest BCUT2D eigenvalue weighted by Gasteiger charge is -2.18. The van der Waals surface area contributed by atoms with Crippen molar-refractivity contribution in [2.75, 3.05) is 13.7 Å². The molecule has 11 heteroatoms. The van der Waals surface area contributed by atoms with Crippen LogP contribution in [0.4, 0.5) is 13.6 Å². The van der Waals surface area contributed by atoms with Crippen LogP contribution < -0.4 is 20.2 Å². The maximum absolute atomic E-state index is 14.5. The smallest absolute Gasteiger partial charge is 0.457 e. The van der Waals surface area contributed by atoms with Crippen LogP contribution in [0, 0.1) is 11.6 Å². The SMILES string of the molecule is CCOC(=O)Oc1cn(Cc2c(F)cccc2F)c2ccc(Oc3ccc(C(=O)NC)cc3)c(CCl)c2c1=O. The molecule has 4 aromatic rings. The van der Waals surface area contributed by atoms with Gasteiger partial charge in [-0.05, 0) is 55.5 Å².